The molecule has 7 heteroatoms. The van der Waals surface area contributed by atoms with Crippen molar-refractivity contribution in [1.82, 2.24) is 19.6 Å². The molecule has 1 atom stereocenters. The lowest BCUT2D eigenvalue weighted by atomic mass is 9.89. The van der Waals surface area contributed by atoms with Crippen LogP contribution >= 0.6 is 0 Å². The van der Waals surface area contributed by atoms with Crippen LogP contribution in [0.2, 0.25) is 0 Å². The van der Waals surface area contributed by atoms with Crippen molar-refractivity contribution in [1.29, 1.82) is 0 Å². The number of hydrogen-bond donors (Lipinski definition) is 1. The van der Waals surface area contributed by atoms with Crippen molar-refractivity contribution in [3.8, 4) is 0 Å². The Bertz CT molecular complexity index is 689. The Morgan fingerprint density at radius 2 is 1.85 bits per heavy atom. The second-order valence-electron chi connectivity index (χ2n) is 8.36. The number of nitrogens with zero attached hydrogens (tertiary/aromatic N) is 4. The number of carbonyl (C=O) groups is 2. The first-order valence-electron chi connectivity index (χ1n) is 10.4. The standard InChI is InChI=1S/C20H30N4O3/c25-18(26)15-24-13-7-17(21-24)16-6-5-10-22(14-16)19(27)20(8-1-2-9-20)23-11-3-4-12-23/h7,13,16H,1-6,8-12,14-15H2,(H,25,26). The Morgan fingerprint density at radius 1 is 1.11 bits per heavy atom. The minimum Gasteiger partial charge on any atom is -0.480 e. The molecule has 1 aliphatic carbocycles. The number of carboxylic acids is 1. The lowest BCUT2D eigenvalue weighted by Gasteiger charge is -2.43. The fourth-order valence-electron chi connectivity index (χ4n) is 5.29. The van der Waals surface area contributed by atoms with Crippen LogP contribution < -0.4 is 0 Å². The van der Waals surface area contributed by atoms with Gasteiger partial charge in [0.25, 0.3) is 0 Å². The van der Waals surface area contributed by atoms with Gasteiger partial charge in [0.1, 0.15) is 12.1 Å². The van der Waals surface area contributed by atoms with E-state index in [-0.39, 0.29) is 18.0 Å². The predicted molar refractivity (Wildman–Crippen MR) is 100 cm³/mol. The fourth-order valence-corrected chi connectivity index (χ4v) is 5.29. The maximum absolute atomic E-state index is 13.6. The highest BCUT2D eigenvalue weighted by Crippen LogP contribution is 2.40. The van der Waals surface area contributed by atoms with Gasteiger partial charge in [0.15, 0.2) is 0 Å². The Morgan fingerprint density at radius 3 is 2.56 bits per heavy atom. The molecule has 0 spiro atoms. The molecule has 1 saturated carbocycles. The third-order valence-electron chi connectivity index (χ3n) is 6.63. The SMILES string of the molecule is O=C(O)Cn1ccc(C2CCCN(C(=O)C3(N4CCCC4)CCCC3)C2)n1. The van der Waals surface area contributed by atoms with Crippen molar-refractivity contribution in [2.24, 2.45) is 0 Å². The zero-order valence-electron chi connectivity index (χ0n) is 16.0. The van der Waals surface area contributed by atoms with Gasteiger partial charge in [-0.3, -0.25) is 19.2 Å². The van der Waals surface area contributed by atoms with E-state index in [0.717, 1.165) is 63.9 Å². The van der Waals surface area contributed by atoms with Gasteiger partial charge in [0.2, 0.25) is 5.91 Å². The van der Waals surface area contributed by atoms with Gasteiger partial charge < -0.3 is 10.0 Å². The molecule has 0 aromatic carbocycles. The van der Waals surface area contributed by atoms with Gasteiger partial charge in [0, 0.05) is 25.2 Å². The van der Waals surface area contributed by atoms with Gasteiger partial charge in [-0.25, -0.2) is 0 Å². The monoisotopic (exact) mass is 374 g/mol. The average molecular weight is 374 g/mol. The lowest BCUT2D eigenvalue weighted by molar-refractivity contribution is -0.145. The number of likely N-dealkylation sites (tertiary alicyclic amines) is 2. The van der Waals surface area contributed by atoms with E-state index < -0.39 is 5.97 Å². The molecule has 1 aromatic heterocycles. The van der Waals surface area contributed by atoms with Gasteiger partial charge in [-0.1, -0.05) is 12.8 Å². The molecular weight excluding hydrogens is 344 g/mol. The van der Waals surface area contributed by atoms with Crippen molar-refractivity contribution >= 4 is 11.9 Å². The van der Waals surface area contributed by atoms with E-state index in [4.69, 9.17) is 5.11 Å². The molecular formula is C20H30N4O3. The molecule has 0 bridgehead atoms. The molecule has 148 valence electrons. The summed E-state index contributed by atoms with van der Waals surface area (Å²) in [7, 11) is 0. The van der Waals surface area contributed by atoms with Crippen LogP contribution in [0.3, 0.4) is 0 Å². The number of aromatic nitrogens is 2. The number of carboxylic acid groups (broad SMARTS) is 1. The summed E-state index contributed by atoms with van der Waals surface area (Å²) in [6, 6.07) is 1.91. The van der Waals surface area contributed by atoms with E-state index in [2.05, 4.69) is 14.9 Å². The smallest absolute Gasteiger partial charge is 0.325 e. The Kier molecular flexibility index (Phi) is 5.21. The van der Waals surface area contributed by atoms with E-state index in [1.165, 1.54) is 17.5 Å². The lowest BCUT2D eigenvalue weighted by Crippen LogP contribution is -2.58. The highest BCUT2D eigenvalue weighted by atomic mass is 16.4. The zero-order chi connectivity index (χ0) is 18.9. The largest absolute Gasteiger partial charge is 0.480 e. The van der Waals surface area contributed by atoms with Gasteiger partial charge in [-0.2, -0.15) is 5.10 Å². The van der Waals surface area contributed by atoms with Gasteiger partial charge in [-0.05, 0) is 57.7 Å². The second-order valence-corrected chi connectivity index (χ2v) is 8.36. The van der Waals surface area contributed by atoms with Gasteiger partial charge in [-0.15, -0.1) is 0 Å². The van der Waals surface area contributed by atoms with Crippen LogP contribution in [-0.2, 0) is 16.1 Å². The van der Waals surface area contributed by atoms with Crippen LogP contribution in [0, 0.1) is 0 Å². The van der Waals surface area contributed by atoms with Crippen LogP contribution in [-0.4, -0.2) is 68.3 Å². The summed E-state index contributed by atoms with van der Waals surface area (Å²) in [5.74, 6) is -0.356. The highest BCUT2D eigenvalue weighted by molar-refractivity contribution is 5.87. The normalized spacial score (nSPS) is 25.8. The Labute approximate surface area is 160 Å². The molecule has 7 nitrogen and oxygen atoms in total. The molecule has 2 saturated heterocycles. The molecule has 3 aliphatic rings. The van der Waals surface area contributed by atoms with E-state index in [9.17, 15) is 9.59 Å². The molecule has 1 N–H and O–H groups in total. The molecule has 1 aromatic rings. The van der Waals surface area contributed by atoms with E-state index >= 15 is 0 Å². The van der Waals surface area contributed by atoms with Crippen molar-refractivity contribution in [3.05, 3.63) is 18.0 Å². The van der Waals surface area contributed by atoms with Gasteiger partial charge >= 0.3 is 5.97 Å². The Balaban J connectivity index is 1.47. The number of rotatable bonds is 5. The molecule has 2 aliphatic heterocycles. The minimum absolute atomic E-state index is 0.118. The first-order chi connectivity index (χ1) is 13.1. The molecule has 1 amide bonds. The third kappa shape index (κ3) is 3.61. The number of piperidine rings is 1. The molecule has 4 rings (SSSR count). The highest BCUT2D eigenvalue weighted by Gasteiger charge is 2.49. The van der Waals surface area contributed by atoms with Crippen LogP contribution in [0.25, 0.3) is 0 Å². The van der Waals surface area contributed by atoms with Crippen LogP contribution in [0.1, 0.15) is 63.0 Å². The fraction of sp³-hybridized carbons (Fsp3) is 0.750. The molecule has 1 unspecified atom stereocenters. The van der Waals surface area contributed by atoms with Crippen molar-refractivity contribution < 1.29 is 14.7 Å². The van der Waals surface area contributed by atoms with Crippen LogP contribution in [0.5, 0.6) is 0 Å². The van der Waals surface area contributed by atoms with Crippen LogP contribution in [0.4, 0.5) is 0 Å². The summed E-state index contributed by atoms with van der Waals surface area (Å²) in [4.78, 5) is 29.0. The molecule has 27 heavy (non-hydrogen) atoms. The quantitative estimate of drug-likeness (QED) is 0.854. The maximum atomic E-state index is 13.6. The molecule has 3 heterocycles. The van der Waals surface area contributed by atoms with Gasteiger partial charge in [0.05, 0.1) is 5.69 Å². The topological polar surface area (TPSA) is 78.7 Å². The summed E-state index contributed by atoms with van der Waals surface area (Å²) in [6.07, 6.45) is 10.4. The minimum atomic E-state index is -0.890. The number of hydrogen-bond acceptors (Lipinski definition) is 4. The van der Waals surface area contributed by atoms with Crippen molar-refractivity contribution in [3.63, 3.8) is 0 Å². The van der Waals surface area contributed by atoms with Crippen molar-refractivity contribution in [2.45, 2.75) is 69.4 Å². The summed E-state index contributed by atoms with van der Waals surface area (Å²) in [5, 5.41) is 13.4. The second kappa shape index (κ2) is 7.62. The first-order valence-corrected chi connectivity index (χ1v) is 10.4. The Hall–Kier alpha value is -1.89. The maximum Gasteiger partial charge on any atom is 0.325 e. The summed E-state index contributed by atoms with van der Waals surface area (Å²) in [5.41, 5.74) is 0.650. The summed E-state index contributed by atoms with van der Waals surface area (Å²) < 4.78 is 1.47. The van der Waals surface area contributed by atoms with E-state index in [0.29, 0.717) is 12.5 Å². The molecule has 0 radical (unpaired) electrons. The van der Waals surface area contributed by atoms with Crippen molar-refractivity contribution in [2.75, 3.05) is 26.2 Å². The molecule has 3 fully saturated rings. The first kappa shape index (κ1) is 18.5. The average Bonchev–Trinajstić information content (AvgIpc) is 3.41. The third-order valence-corrected chi connectivity index (χ3v) is 6.63. The van der Waals surface area contributed by atoms with E-state index in [1.54, 1.807) is 6.20 Å². The number of carbonyl (C=O) groups excluding carboxylic acids is 1. The number of amides is 1. The summed E-state index contributed by atoms with van der Waals surface area (Å²) in [6.45, 7) is 3.54. The van der Waals surface area contributed by atoms with E-state index in [1.807, 2.05) is 6.07 Å². The zero-order valence-corrected chi connectivity index (χ0v) is 16.0. The number of aliphatic carboxylic acids is 1. The van der Waals surface area contributed by atoms with Crippen LogP contribution in [0.15, 0.2) is 12.3 Å². The predicted octanol–water partition coefficient (Wildman–Crippen LogP) is 2.08. The summed E-state index contributed by atoms with van der Waals surface area (Å²) >= 11 is 0.